The maximum Gasteiger partial charge on any atom is 0.122 e. The van der Waals surface area contributed by atoms with Crippen molar-refractivity contribution in [2.45, 2.75) is 19.9 Å². The molecular formula is C15H19N3O. The molecule has 0 saturated heterocycles. The van der Waals surface area contributed by atoms with Crippen molar-refractivity contribution in [1.29, 1.82) is 0 Å². The van der Waals surface area contributed by atoms with E-state index >= 15 is 0 Å². The number of fused-ring (bicyclic) bond motifs is 1. The Balaban J connectivity index is 2.10. The molecule has 2 heterocycles. The quantitative estimate of drug-likeness (QED) is 0.914. The van der Waals surface area contributed by atoms with Crippen molar-refractivity contribution in [3.63, 3.8) is 0 Å². The summed E-state index contributed by atoms with van der Waals surface area (Å²) in [6.07, 6.45) is 1.00. The molecule has 3 rings (SSSR count). The van der Waals surface area contributed by atoms with Gasteiger partial charge in [0, 0.05) is 31.3 Å². The van der Waals surface area contributed by atoms with Crippen LogP contribution in [0, 0.1) is 6.92 Å². The summed E-state index contributed by atoms with van der Waals surface area (Å²) < 4.78 is 7.52. The normalized spacial score (nSPS) is 13.4. The fourth-order valence-electron chi connectivity index (χ4n) is 2.69. The molecule has 2 aromatic rings. The molecule has 0 bridgehead atoms. The second kappa shape index (κ2) is 4.70. The van der Waals surface area contributed by atoms with Gasteiger partial charge in [0.2, 0.25) is 0 Å². The minimum absolute atomic E-state index is 0.782. The van der Waals surface area contributed by atoms with Gasteiger partial charge in [0.15, 0.2) is 0 Å². The van der Waals surface area contributed by atoms with Crippen LogP contribution in [0.5, 0.6) is 5.75 Å². The highest BCUT2D eigenvalue weighted by Gasteiger charge is 2.18. The van der Waals surface area contributed by atoms with E-state index in [9.17, 15) is 0 Å². The van der Waals surface area contributed by atoms with Gasteiger partial charge in [0.05, 0.1) is 12.3 Å². The van der Waals surface area contributed by atoms with Crippen molar-refractivity contribution in [3.8, 4) is 16.9 Å². The van der Waals surface area contributed by atoms with Crippen LogP contribution < -0.4 is 10.1 Å². The van der Waals surface area contributed by atoms with E-state index in [2.05, 4.69) is 35.5 Å². The van der Waals surface area contributed by atoms with E-state index in [4.69, 9.17) is 4.74 Å². The molecule has 4 nitrogen and oxygen atoms in total. The zero-order valence-corrected chi connectivity index (χ0v) is 11.7. The number of hydrogen-bond acceptors (Lipinski definition) is 3. The Labute approximate surface area is 113 Å². The molecule has 0 spiro atoms. The van der Waals surface area contributed by atoms with E-state index in [-0.39, 0.29) is 0 Å². The van der Waals surface area contributed by atoms with Crippen molar-refractivity contribution in [1.82, 2.24) is 15.1 Å². The Morgan fingerprint density at radius 1 is 1.42 bits per heavy atom. The number of nitrogens with one attached hydrogen (secondary N) is 1. The van der Waals surface area contributed by atoms with Gasteiger partial charge in [-0.3, -0.25) is 4.68 Å². The molecule has 0 atom stereocenters. The van der Waals surface area contributed by atoms with Gasteiger partial charge in [-0.1, -0.05) is 6.07 Å². The fraction of sp³-hybridized carbons (Fsp3) is 0.400. The highest BCUT2D eigenvalue weighted by Crippen LogP contribution is 2.33. The smallest absolute Gasteiger partial charge is 0.122 e. The van der Waals surface area contributed by atoms with Crippen LogP contribution in [0.1, 0.15) is 17.0 Å². The third kappa shape index (κ3) is 2.02. The second-order valence-corrected chi connectivity index (χ2v) is 4.98. The van der Waals surface area contributed by atoms with Crippen LogP contribution in [-0.2, 0) is 20.0 Å². The number of benzene rings is 1. The van der Waals surface area contributed by atoms with E-state index < -0.39 is 0 Å². The van der Waals surface area contributed by atoms with E-state index in [1.54, 1.807) is 0 Å². The molecule has 1 aromatic carbocycles. The van der Waals surface area contributed by atoms with Crippen molar-refractivity contribution in [3.05, 3.63) is 35.2 Å². The van der Waals surface area contributed by atoms with Crippen LogP contribution in [-0.4, -0.2) is 23.4 Å². The molecule has 100 valence electrons. The lowest BCUT2D eigenvalue weighted by Crippen LogP contribution is -2.07. The average molecular weight is 257 g/mol. The summed E-state index contributed by atoms with van der Waals surface area (Å²) in [4.78, 5) is 0. The van der Waals surface area contributed by atoms with Gasteiger partial charge < -0.3 is 10.1 Å². The van der Waals surface area contributed by atoms with Crippen molar-refractivity contribution in [2.24, 2.45) is 7.05 Å². The van der Waals surface area contributed by atoms with E-state index in [0.717, 1.165) is 31.0 Å². The summed E-state index contributed by atoms with van der Waals surface area (Å²) in [6.45, 7) is 3.70. The number of nitrogens with zero attached hydrogens (tertiary/aromatic N) is 2. The molecule has 0 saturated carbocycles. The standard InChI is InChI=1S/C15H19N3O/c1-10-15(13(9-16-2)17-18(10)3)12-4-5-14-11(8-12)6-7-19-14/h4-5,8,16H,6-7,9H2,1-3H3. The first-order valence-corrected chi connectivity index (χ1v) is 6.64. The third-order valence-electron chi connectivity index (χ3n) is 3.73. The van der Waals surface area contributed by atoms with Gasteiger partial charge in [0.25, 0.3) is 0 Å². The molecule has 0 fully saturated rings. The summed E-state index contributed by atoms with van der Waals surface area (Å²) in [5, 5.41) is 7.78. The van der Waals surface area contributed by atoms with Crippen molar-refractivity contribution < 1.29 is 4.74 Å². The lowest BCUT2D eigenvalue weighted by molar-refractivity contribution is 0.357. The Morgan fingerprint density at radius 3 is 3.05 bits per heavy atom. The number of ether oxygens (including phenoxy) is 1. The molecule has 0 radical (unpaired) electrons. The first kappa shape index (κ1) is 12.2. The average Bonchev–Trinajstić information content (AvgIpc) is 2.95. The van der Waals surface area contributed by atoms with Gasteiger partial charge in [-0.25, -0.2) is 0 Å². The third-order valence-corrected chi connectivity index (χ3v) is 3.73. The molecule has 19 heavy (non-hydrogen) atoms. The number of aryl methyl sites for hydroxylation is 1. The summed E-state index contributed by atoms with van der Waals surface area (Å²) in [5.74, 6) is 1.03. The fourth-order valence-corrected chi connectivity index (χ4v) is 2.69. The number of aromatic nitrogens is 2. The van der Waals surface area contributed by atoms with Crippen LogP contribution in [0.15, 0.2) is 18.2 Å². The predicted octanol–water partition coefficient (Wildman–Crippen LogP) is 2.05. The minimum Gasteiger partial charge on any atom is -0.493 e. The molecular weight excluding hydrogens is 238 g/mol. The van der Waals surface area contributed by atoms with Gasteiger partial charge >= 0.3 is 0 Å². The Kier molecular flexibility index (Phi) is 3.03. The molecule has 0 aliphatic carbocycles. The number of rotatable bonds is 3. The summed E-state index contributed by atoms with van der Waals surface area (Å²) >= 11 is 0. The minimum atomic E-state index is 0.782. The monoisotopic (exact) mass is 257 g/mol. The topological polar surface area (TPSA) is 39.1 Å². The van der Waals surface area contributed by atoms with Crippen LogP contribution in [0.2, 0.25) is 0 Å². The molecule has 1 aliphatic rings. The van der Waals surface area contributed by atoms with E-state index in [1.165, 1.54) is 22.4 Å². The van der Waals surface area contributed by atoms with Gasteiger partial charge in [-0.05, 0) is 37.2 Å². The lowest BCUT2D eigenvalue weighted by Gasteiger charge is -2.06. The van der Waals surface area contributed by atoms with Crippen LogP contribution in [0.3, 0.4) is 0 Å². The summed E-state index contributed by atoms with van der Waals surface area (Å²) in [5.41, 5.74) is 6.08. The van der Waals surface area contributed by atoms with Crippen LogP contribution in [0.4, 0.5) is 0 Å². The van der Waals surface area contributed by atoms with Gasteiger partial charge in [-0.15, -0.1) is 0 Å². The Morgan fingerprint density at radius 2 is 2.26 bits per heavy atom. The summed E-state index contributed by atoms with van der Waals surface area (Å²) in [6, 6.07) is 6.45. The molecule has 0 amide bonds. The Hall–Kier alpha value is -1.81. The maximum atomic E-state index is 5.57. The van der Waals surface area contributed by atoms with Crippen molar-refractivity contribution >= 4 is 0 Å². The molecule has 1 N–H and O–H groups in total. The highest BCUT2D eigenvalue weighted by molar-refractivity contribution is 5.70. The second-order valence-electron chi connectivity index (χ2n) is 4.98. The molecule has 1 aromatic heterocycles. The zero-order chi connectivity index (χ0) is 13.4. The SMILES string of the molecule is CNCc1nn(C)c(C)c1-c1ccc2c(c1)CCO2. The first-order chi connectivity index (χ1) is 9.20. The number of hydrogen-bond donors (Lipinski definition) is 1. The van der Waals surface area contributed by atoms with Gasteiger partial charge in [-0.2, -0.15) is 5.10 Å². The van der Waals surface area contributed by atoms with E-state index in [0.29, 0.717) is 0 Å². The van der Waals surface area contributed by atoms with E-state index in [1.807, 2.05) is 18.8 Å². The molecule has 1 aliphatic heterocycles. The van der Waals surface area contributed by atoms with Crippen molar-refractivity contribution in [2.75, 3.05) is 13.7 Å². The molecule has 4 heteroatoms. The lowest BCUT2D eigenvalue weighted by atomic mass is 10.00. The summed E-state index contributed by atoms with van der Waals surface area (Å²) in [7, 11) is 3.94. The zero-order valence-electron chi connectivity index (χ0n) is 11.7. The first-order valence-electron chi connectivity index (χ1n) is 6.64. The molecule has 0 unspecified atom stereocenters. The van der Waals surface area contributed by atoms with Gasteiger partial charge in [0.1, 0.15) is 5.75 Å². The maximum absolute atomic E-state index is 5.57. The van der Waals surface area contributed by atoms with Crippen LogP contribution >= 0.6 is 0 Å². The predicted molar refractivity (Wildman–Crippen MR) is 75.3 cm³/mol. The Bertz CT molecular complexity index is 616. The van der Waals surface area contributed by atoms with Crippen LogP contribution in [0.25, 0.3) is 11.1 Å². The largest absolute Gasteiger partial charge is 0.493 e. The highest BCUT2D eigenvalue weighted by atomic mass is 16.5.